The molecule has 2 fully saturated rings. The molecule has 2 saturated heterocycles. The van der Waals surface area contributed by atoms with Gasteiger partial charge < -0.3 is 14.9 Å². The Labute approximate surface area is 115 Å². The summed E-state index contributed by atoms with van der Waals surface area (Å²) < 4.78 is 0. The zero-order valence-electron chi connectivity index (χ0n) is 11.9. The maximum Gasteiger partial charge on any atom is 0.0825 e. The van der Waals surface area contributed by atoms with Gasteiger partial charge in [-0.15, -0.1) is 0 Å². The fraction of sp³-hybridized carbons (Fsp3) is 0.625. The molecule has 104 valence electrons. The Kier molecular flexibility index (Phi) is 3.61. The van der Waals surface area contributed by atoms with Crippen LogP contribution in [0.15, 0.2) is 30.3 Å². The van der Waals surface area contributed by atoms with Crippen molar-refractivity contribution in [3.05, 3.63) is 35.9 Å². The molecule has 19 heavy (non-hydrogen) atoms. The summed E-state index contributed by atoms with van der Waals surface area (Å²) in [5.41, 5.74) is 1.08. The average Bonchev–Trinajstić information content (AvgIpc) is 2.37. The number of nitrogens with zero attached hydrogens (tertiary/aromatic N) is 2. The van der Waals surface area contributed by atoms with Gasteiger partial charge in [-0.2, -0.15) is 0 Å². The van der Waals surface area contributed by atoms with E-state index in [1.54, 1.807) is 0 Å². The van der Waals surface area contributed by atoms with Crippen molar-refractivity contribution >= 4 is 0 Å². The van der Waals surface area contributed by atoms with Crippen molar-refractivity contribution < 1.29 is 5.11 Å². The Morgan fingerprint density at radius 1 is 0.947 bits per heavy atom. The van der Waals surface area contributed by atoms with Gasteiger partial charge in [0.15, 0.2) is 0 Å². The van der Waals surface area contributed by atoms with E-state index in [1.807, 2.05) is 18.2 Å². The molecule has 2 aliphatic heterocycles. The number of aliphatic hydroxyl groups is 1. The zero-order valence-corrected chi connectivity index (χ0v) is 11.9. The third-order valence-corrected chi connectivity index (χ3v) is 4.78. The maximum absolute atomic E-state index is 10.8. The Morgan fingerprint density at radius 3 is 1.89 bits per heavy atom. The summed E-state index contributed by atoms with van der Waals surface area (Å²) in [6.45, 7) is 4.43. The molecule has 1 aromatic rings. The largest absolute Gasteiger partial charge is 0.388 e. The van der Waals surface area contributed by atoms with Gasteiger partial charge in [-0.3, -0.25) is 0 Å². The van der Waals surface area contributed by atoms with Crippen LogP contribution < -0.4 is 0 Å². The van der Waals surface area contributed by atoms with Gasteiger partial charge in [0.05, 0.1) is 6.10 Å². The van der Waals surface area contributed by atoms with Gasteiger partial charge in [-0.1, -0.05) is 30.3 Å². The van der Waals surface area contributed by atoms with Crippen molar-refractivity contribution in [1.29, 1.82) is 0 Å². The predicted molar refractivity (Wildman–Crippen MR) is 76.9 cm³/mol. The third-order valence-electron chi connectivity index (χ3n) is 4.78. The molecular weight excluding hydrogens is 236 g/mol. The van der Waals surface area contributed by atoms with Crippen molar-refractivity contribution in [2.24, 2.45) is 17.8 Å². The van der Waals surface area contributed by atoms with Crippen molar-refractivity contribution in [1.82, 2.24) is 9.80 Å². The molecule has 1 atom stereocenters. The number of likely N-dealkylation sites (tertiary alicyclic amines) is 2. The normalized spacial score (nSPS) is 34.2. The topological polar surface area (TPSA) is 26.7 Å². The number of hydrogen-bond donors (Lipinski definition) is 1. The second-order valence-corrected chi connectivity index (χ2v) is 6.40. The summed E-state index contributed by atoms with van der Waals surface area (Å²) in [6.07, 6.45) is -0.307. The Bertz CT molecular complexity index is 392. The summed E-state index contributed by atoms with van der Waals surface area (Å²) in [5, 5.41) is 10.8. The Morgan fingerprint density at radius 2 is 1.42 bits per heavy atom. The van der Waals surface area contributed by atoms with E-state index in [0.717, 1.165) is 31.7 Å². The minimum Gasteiger partial charge on any atom is -0.388 e. The van der Waals surface area contributed by atoms with E-state index in [0.29, 0.717) is 17.8 Å². The number of benzene rings is 1. The first-order chi connectivity index (χ1) is 9.15. The summed E-state index contributed by atoms with van der Waals surface area (Å²) in [7, 11) is 4.41. The van der Waals surface area contributed by atoms with Gasteiger partial charge in [0.2, 0.25) is 0 Å². The van der Waals surface area contributed by atoms with E-state index >= 15 is 0 Å². The number of hydrogen-bond acceptors (Lipinski definition) is 3. The molecular formula is C16H24N2O. The molecule has 2 bridgehead atoms. The molecule has 0 amide bonds. The van der Waals surface area contributed by atoms with E-state index in [9.17, 15) is 5.11 Å². The van der Waals surface area contributed by atoms with Gasteiger partial charge in [0, 0.05) is 26.2 Å². The highest BCUT2D eigenvalue weighted by atomic mass is 16.3. The van der Waals surface area contributed by atoms with E-state index in [4.69, 9.17) is 0 Å². The summed E-state index contributed by atoms with van der Waals surface area (Å²) >= 11 is 0. The number of aliphatic hydroxyl groups excluding tert-OH is 1. The maximum atomic E-state index is 10.8. The fourth-order valence-corrected chi connectivity index (χ4v) is 4.13. The lowest BCUT2D eigenvalue weighted by molar-refractivity contribution is -0.0660. The van der Waals surface area contributed by atoms with E-state index < -0.39 is 0 Å². The molecule has 0 aromatic heterocycles. The molecule has 0 spiro atoms. The minimum atomic E-state index is -0.307. The monoisotopic (exact) mass is 260 g/mol. The highest BCUT2D eigenvalue weighted by Crippen LogP contribution is 2.41. The van der Waals surface area contributed by atoms with Crippen molar-refractivity contribution in [3.8, 4) is 0 Å². The first-order valence-electron chi connectivity index (χ1n) is 7.25. The van der Waals surface area contributed by atoms with Crippen LogP contribution in [0.3, 0.4) is 0 Å². The quantitative estimate of drug-likeness (QED) is 0.872. The standard InChI is InChI=1S/C16H24N2O/c1-17-8-13-10-18(2)11-14(9-17)15(13)16(19)12-6-4-3-5-7-12/h3-7,13-16,19H,8-11H2,1-2H3. The van der Waals surface area contributed by atoms with Crippen LogP contribution in [0.2, 0.25) is 0 Å². The molecule has 1 unspecified atom stereocenters. The molecule has 3 nitrogen and oxygen atoms in total. The summed E-state index contributed by atoms with van der Waals surface area (Å²) in [5.74, 6) is 1.57. The molecule has 0 radical (unpaired) electrons. The van der Waals surface area contributed by atoms with Gasteiger partial charge >= 0.3 is 0 Å². The highest BCUT2D eigenvalue weighted by Gasteiger charge is 2.44. The zero-order chi connectivity index (χ0) is 13.4. The molecule has 0 aliphatic carbocycles. The molecule has 3 heteroatoms. The van der Waals surface area contributed by atoms with Crippen LogP contribution in [0.1, 0.15) is 11.7 Å². The molecule has 1 aromatic carbocycles. The number of fused-ring (bicyclic) bond motifs is 2. The van der Waals surface area contributed by atoms with Gasteiger partial charge in [-0.25, -0.2) is 0 Å². The summed E-state index contributed by atoms with van der Waals surface area (Å²) in [6, 6.07) is 10.2. The van der Waals surface area contributed by atoms with Crippen LogP contribution in [-0.4, -0.2) is 55.2 Å². The second kappa shape index (κ2) is 5.23. The first kappa shape index (κ1) is 13.1. The lowest BCUT2D eigenvalue weighted by Gasteiger charge is -2.51. The number of piperidine rings is 2. The van der Waals surface area contributed by atoms with Crippen LogP contribution in [0.5, 0.6) is 0 Å². The molecule has 2 heterocycles. The van der Waals surface area contributed by atoms with Gasteiger partial charge in [0.25, 0.3) is 0 Å². The lowest BCUT2D eigenvalue weighted by Crippen LogP contribution is -2.57. The van der Waals surface area contributed by atoms with Crippen LogP contribution in [0, 0.1) is 17.8 Å². The average molecular weight is 260 g/mol. The first-order valence-corrected chi connectivity index (χ1v) is 7.25. The van der Waals surface area contributed by atoms with Crippen LogP contribution in [0.25, 0.3) is 0 Å². The molecule has 3 rings (SSSR count). The van der Waals surface area contributed by atoms with E-state index in [1.165, 1.54) is 0 Å². The van der Waals surface area contributed by atoms with Crippen molar-refractivity contribution in [2.45, 2.75) is 6.10 Å². The van der Waals surface area contributed by atoms with Crippen molar-refractivity contribution in [3.63, 3.8) is 0 Å². The molecule has 1 N–H and O–H groups in total. The highest BCUT2D eigenvalue weighted by molar-refractivity contribution is 5.19. The third kappa shape index (κ3) is 2.55. The van der Waals surface area contributed by atoms with Crippen LogP contribution >= 0.6 is 0 Å². The van der Waals surface area contributed by atoms with Gasteiger partial charge in [-0.05, 0) is 37.4 Å². The van der Waals surface area contributed by atoms with Crippen LogP contribution in [-0.2, 0) is 0 Å². The fourth-order valence-electron chi connectivity index (χ4n) is 4.13. The van der Waals surface area contributed by atoms with Crippen molar-refractivity contribution in [2.75, 3.05) is 40.3 Å². The Balaban J connectivity index is 1.84. The van der Waals surface area contributed by atoms with E-state index in [2.05, 4.69) is 36.0 Å². The Hall–Kier alpha value is -0.900. The minimum absolute atomic E-state index is 0.307. The molecule has 2 aliphatic rings. The molecule has 0 saturated carbocycles. The van der Waals surface area contributed by atoms with Gasteiger partial charge in [0.1, 0.15) is 0 Å². The second-order valence-electron chi connectivity index (χ2n) is 6.40. The predicted octanol–water partition coefficient (Wildman–Crippen LogP) is 1.46. The lowest BCUT2D eigenvalue weighted by atomic mass is 9.70. The number of rotatable bonds is 2. The van der Waals surface area contributed by atoms with Crippen LogP contribution in [0.4, 0.5) is 0 Å². The summed E-state index contributed by atoms with van der Waals surface area (Å²) in [4.78, 5) is 4.85. The van der Waals surface area contributed by atoms with E-state index in [-0.39, 0.29) is 6.10 Å². The smallest absolute Gasteiger partial charge is 0.0825 e. The SMILES string of the molecule is CN1CC2CN(C)CC(C1)C2C(O)c1ccccc1.